The second-order valence-corrected chi connectivity index (χ2v) is 6.86. The van der Waals surface area contributed by atoms with Crippen LogP contribution in [0.4, 0.5) is 25.1 Å². The van der Waals surface area contributed by atoms with Gasteiger partial charge in [-0.2, -0.15) is 5.10 Å². The molecule has 0 bridgehead atoms. The fourth-order valence-corrected chi connectivity index (χ4v) is 3.47. The van der Waals surface area contributed by atoms with Crippen LogP contribution < -0.4 is 11.1 Å². The minimum absolute atomic E-state index is 0.126. The number of nitrogens with zero attached hydrogens (tertiary/aromatic N) is 4. The van der Waals surface area contributed by atoms with E-state index in [4.69, 9.17) is 5.73 Å². The Hall–Kier alpha value is -3.23. The first kappa shape index (κ1) is 18.1. The first-order valence-corrected chi connectivity index (χ1v) is 9.04. The smallest absolute Gasteiger partial charge is 0.323 e. The number of likely N-dealkylation sites (tertiary alicyclic amines) is 1. The number of amides is 2. The Morgan fingerprint density at radius 1 is 1.29 bits per heavy atom. The molecule has 146 valence electrons. The highest BCUT2D eigenvalue weighted by Crippen LogP contribution is 2.27. The molecule has 0 spiro atoms. The lowest BCUT2D eigenvalue weighted by Crippen LogP contribution is -2.35. The maximum absolute atomic E-state index is 14.0. The van der Waals surface area contributed by atoms with E-state index in [2.05, 4.69) is 15.4 Å². The van der Waals surface area contributed by atoms with Gasteiger partial charge in [-0.15, -0.1) is 0 Å². The summed E-state index contributed by atoms with van der Waals surface area (Å²) in [5.74, 6) is -1.02. The van der Waals surface area contributed by atoms with Crippen LogP contribution in [0.1, 0.15) is 6.92 Å². The molecule has 28 heavy (non-hydrogen) atoms. The zero-order chi connectivity index (χ0) is 19.8. The lowest BCUT2D eigenvalue weighted by molar-refractivity contribution is 0.216. The van der Waals surface area contributed by atoms with Gasteiger partial charge >= 0.3 is 6.03 Å². The number of nitrogen functional groups attached to an aromatic ring is 1. The normalized spacial score (nSPS) is 18.2. The van der Waals surface area contributed by atoms with Gasteiger partial charge in [-0.25, -0.2) is 18.6 Å². The number of hydrogen-bond acceptors (Lipinski definition) is 5. The van der Waals surface area contributed by atoms with Gasteiger partial charge in [0.1, 0.15) is 11.6 Å². The van der Waals surface area contributed by atoms with E-state index in [9.17, 15) is 13.6 Å². The van der Waals surface area contributed by atoms with Crippen LogP contribution in [0.2, 0.25) is 0 Å². The number of halogens is 2. The molecule has 2 aromatic rings. The Morgan fingerprint density at radius 3 is 2.82 bits per heavy atom. The van der Waals surface area contributed by atoms with Gasteiger partial charge in [-0.3, -0.25) is 10.3 Å². The molecular weight excluding hydrogens is 366 g/mol. The zero-order valence-electron chi connectivity index (χ0n) is 15.3. The highest BCUT2D eigenvalue weighted by molar-refractivity contribution is 5.99. The minimum Gasteiger partial charge on any atom is -0.396 e. The molecule has 9 heteroatoms. The standard InChI is InChI=1S/C19H20F2N6O/c1-2-27-9-11-8-26(10-17(11)25-27)19(28)24-18-15(22)5-6-16(23-18)13-4-3-12(20)7-14(13)21/h3-7,11H,2,8-10,22H2,1H3,(H,23,24,28)/t11-/m0/s1. The highest BCUT2D eigenvalue weighted by Gasteiger charge is 2.37. The van der Waals surface area contributed by atoms with Crippen molar-refractivity contribution in [3.8, 4) is 11.3 Å². The molecule has 2 aliphatic heterocycles. The van der Waals surface area contributed by atoms with E-state index >= 15 is 0 Å². The number of pyridine rings is 1. The number of fused-ring (bicyclic) bond motifs is 1. The molecule has 0 saturated carbocycles. The molecule has 2 aliphatic rings. The van der Waals surface area contributed by atoms with Crippen molar-refractivity contribution in [2.75, 3.05) is 37.2 Å². The minimum atomic E-state index is -0.736. The van der Waals surface area contributed by atoms with E-state index in [1.54, 1.807) is 4.90 Å². The monoisotopic (exact) mass is 386 g/mol. The number of nitrogens with two attached hydrogens (primary N) is 1. The maximum Gasteiger partial charge on any atom is 0.323 e. The van der Waals surface area contributed by atoms with Crippen molar-refractivity contribution < 1.29 is 13.6 Å². The van der Waals surface area contributed by atoms with Gasteiger partial charge in [0.25, 0.3) is 0 Å². The van der Waals surface area contributed by atoms with E-state index in [-0.39, 0.29) is 34.7 Å². The highest BCUT2D eigenvalue weighted by atomic mass is 19.1. The molecule has 0 aliphatic carbocycles. The van der Waals surface area contributed by atoms with Crippen molar-refractivity contribution in [2.45, 2.75) is 6.92 Å². The molecule has 1 aromatic carbocycles. The molecule has 1 aromatic heterocycles. The molecule has 1 atom stereocenters. The molecule has 3 heterocycles. The van der Waals surface area contributed by atoms with Gasteiger partial charge in [0, 0.05) is 37.2 Å². The SMILES string of the molecule is CCN1C[C@@H]2CN(C(=O)Nc3nc(-c4ccc(F)cc4F)ccc3N)CC2=N1. The lowest BCUT2D eigenvalue weighted by atomic mass is 10.1. The third-order valence-corrected chi connectivity index (χ3v) is 4.98. The van der Waals surface area contributed by atoms with E-state index in [1.165, 1.54) is 18.2 Å². The predicted molar refractivity (Wildman–Crippen MR) is 103 cm³/mol. The number of anilines is 2. The second kappa shape index (κ2) is 7.06. The second-order valence-electron chi connectivity index (χ2n) is 6.86. The third-order valence-electron chi connectivity index (χ3n) is 4.98. The first-order chi connectivity index (χ1) is 13.4. The summed E-state index contributed by atoms with van der Waals surface area (Å²) >= 11 is 0. The Morgan fingerprint density at radius 2 is 2.11 bits per heavy atom. The summed E-state index contributed by atoms with van der Waals surface area (Å²) in [4.78, 5) is 18.5. The van der Waals surface area contributed by atoms with Crippen LogP contribution in [0.3, 0.4) is 0 Å². The summed E-state index contributed by atoms with van der Waals surface area (Å²) in [6.07, 6.45) is 0. The first-order valence-electron chi connectivity index (χ1n) is 9.04. The van der Waals surface area contributed by atoms with Gasteiger partial charge in [0.05, 0.1) is 23.6 Å². The number of rotatable bonds is 3. The van der Waals surface area contributed by atoms with E-state index < -0.39 is 11.6 Å². The van der Waals surface area contributed by atoms with E-state index in [0.717, 1.165) is 30.9 Å². The van der Waals surface area contributed by atoms with E-state index in [0.29, 0.717) is 13.1 Å². The molecule has 1 saturated heterocycles. The van der Waals surface area contributed by atoms with Crippen LogP contribution in [0.5, 0.6) is 0 Å². The zero-order valence-corrected chi connectivity index (χ0v) is 15.3. The van der Waals surface area contributed by atoms with Crippen LogP contribution in [0.15, 0.2) is 35.4 Å². The molecule has 1 fully saturated rings. The molecule has 3 N–H and O–H groups in total. The van der Waals surface area contributed by atoms with Crippen molar-refractivity contribution in [1.29, 1.82) is 0 Å². The quantitative estimate of drug-likeness (QED) is 0.849. The van der Waals surface area contributed by atoms with Crippen molar-refractivity contribution in [3.63, 3.8) is 0 Å². The number of benzene rings is 1. The number of urea groups is 1. The van der Waals surface area contributed by atoms with Gasteiger partial charge < -0.3 is 10.6 Å². The van der Waals surface area contributed by atoms with Crippen LogP contribution in [0.25, 0.3) is 11.3 Å². The van der Waals surface area contributed by atoms with Gasteiger partial charge in [0.15, 0.2) is 5.82 Å². The van der Waals surface area contributed by atoms with Crippen molar-refractivity contribution in [2.24, 2.45) is 11.0 Å². The molecule has 2 amide bonds. The Kier molecular flexibility index (Phi) is 4.58. The molecule has 7 nitrogen and oxygen atoms in total. The molecule has 4 rings (SSSR count). The van der Waals surface area contributed by atoms with Crippen LogP contribution in [0, 0.1) is 17.6 Å². The van der Waals surface area contributed by atoms with Crippen molar-refractivity contribution in [3.05, 3.63) is 42.0 Å². The van der Waals surface area contributed by atoms with E-state index in [1.807, 2.05) is 11.9 Å². The van der Waals surface area contributed by atoms with Crippen LogP contribution in [-0.2, 0) is 0 Å². The summed E-state index contributed by atoms with van der Waals surface area (Å²) in [5.41, 5.74) is 7.56. The van der Waals surface area contributed by atoms with Gasteiger partial charge in [-0.1, -0.05) is 0 Å². The van der Waals surface area contributed by atoms with Crippen LogP contribution >= 0.6 is 0 Å². The van der Waals surface area contributed by atoms with Crippen molar-refractivity contribution >= 4 is 23.2 Å². The Bertz CT molecular complexity index is 963. The number of aromatic nitrogens is 1. The fourth-order valence-electron chi connectivity index (χ4n) is 3.47. The topological polar surface area (TPSA) is 86.8 Å². The number of nitrogens with one attached hydrogen (secondary N) is 1. The number of hydrogen-bond donors (Lipinski definition) is 2. The van der Waals surface area contributed by atoms with Crippen LogP contribution in [-0.4, -0.2) is 52.8 Å². The number of carbonyl (C=O) groups is 1. The maximum atomic E-state index is 14.0. The van der Waals surface area contributed by atoms with Gasteiger partial charge in [0.2, 0.25) is 0 Å². The summed E-state index contributed by atoms with van der Waals surface area (Å²) in [7, 11) is 0. The molecule has 0 unspecified atom stereocenters. The molecule has 0 radical (unpaired) electrons. The number of hydrazone groups is 1. The van der Waals surface area contributed by atoms with Gasteiger partial charge in [-0.05, 0) is 31.2 Å². The summed E-state index contributed by atoms with van der Waals surface area (Å²) in [5, 5.41) is 9.20. The lowest BCUT2D eigenvalue weighted by Gasteiger charge is -2.19. The Balaban J connectivity index is 1.51. The largest absolute Gasteiger partial charge is 0.396 e. The third kappa shape index (κ3) is 3.35. The molecular formula is C19H20F2N6O. The summed E-state index contributed by atoms with van der Waals surface area (Å²) in [6.45, 7) is 4.74. The predicted octanol–water partition coefficient (Wildman–Crippen LogP) is 2.76. The number of carbonyl (C=O) groups excluding carboxylic acids is 1. The fraction of sp³-hybridized carbons (Fsp3) is 0.316. The average molecular weight is 386 g/mol. The average Bonchev–Trinajstić information content (AvgIpc) is 3.22. The summed E-state index contributed by atoms with van der Waals surface area (Å²) in [6, 6.07) is 5.95. The Labute approximate surface area is 160 Å². The summed E-state index contributed by atoms with van der Waals surface area (Å²) < 4.78 is 27.2. The van der Waals surface area contributed by atoms with Crippen molar-refractivity contribution in [1.82, 2.24) is 14.9 Å².